The Morgan fingerprint density at radius 3 is 2.17 bits per heavy atom. The van der Waals surface area contributed by atoms with Gasteiger partial charge < -0.3 is 0 Å². The lowest BCUT2D eigenvalue weighted by Crippen LogP contribution is -2.28. The van der Waals surface area contributed by atoms with Gasteiger partial charge in [0.1, 0.15) is 9.98 Å². The maximum absolute atomic E-state index is 5.51. The molecule has 2 heterocycles. The van der Waals surface area contributed by atoms with Crippen LogP contribution < -0.4 is 4.90 Å². The van der Waals surface area contributed by atoms with Crippen LogP contribution in [-0.2, 0) is 0 Å². The Morgan fingerprint density at radius 2 is 1.61 bits per heavy atom. The Morgan fingerprint density at radius 1 is 1.00 bits per heavy atom. The molecule has 0 fully saturated rings. The highest BCUT2D eigenvalue weighted by Crippen LogP contribution is 2.29. The predicted molar refractivity (Wildman–Crippen MR) is 81.3 cm³/mol. The fourth-order valence-corrected chi connectivity index (χ4v) is 2.89. The van der Waals surface area contributed by atoms with Crippen molar-refractivity contribution in [1.82, 2.24) is 4.98 Å². The van der Waals surface area contributed by atoms with Gasteiger partial charge in [-0.2, -0.15) is 0 Å². The van der Waals surface area contributed by atoms with Crippen molar-refractivity contribution in [2.24, 2.45) is 0 Å². The number of hydrogen-bond donors (Lipinski definition) is 0. The van der Waals surface area contributed by atoms with Gasteiger partial charge in [0, 0.05) is 17.3 Å². The van der Waals surface area contributed by atoms with Crippen molar-refractivity contribution in [3.05, 3.63) is 59.4 Å². The molecule has 0 spiro atoms. The highest BCUT2D eigenvalue weighted by atomic mass is 32.1. The zero-order chi connectivity index (χ0) is 12.7. The average Bonchev–Trinajstić information content (AvgIpc) is 2.63. The number of anilines is 1. The minimum atomic E-state index is 0.753. The van der Waals surface area contributed by atoms with Crippen molar-refractivity contribution in [2.45, 2.75) is 6.92 Å². The van der Waals surface area contributed by atoms with E-state index in [1.54, 1.807) is 6.20 Å². The van der Waals surface area contributed by atoms with E-state index in [9.17, 15) is 0 Å². The zero-order valence-corrected chi connectivity index (χ0v) is 11.4. The smallest absolute Gasteiger partial charge is 0.119 e. The van der Waals surface area contributed by atoms with Gasteiger partial charge >= 0.3 is 0 Å². The van der Waals surface area contributed by atoms with Gasteiger partial charge in [-0.05, 0) is 18.6 Å². The van der Waals surface area contributed by atoms with Gasteiger partial charge in [0.25, 0.3) is 0 Å². The van der Waals surface area contributed by atoms with E-state index in [1.807, 2.05) is 48.4 Å². The van der Waals surface area contributed by atoms with E-state index in [1.165, 1.54) is 0 Å². The molecule has 1 aromatic heterocycles. The fraction of sp³-hybridized carbons (Fsp3) is 0.0714. The van der Waals surface area contributed by atoms with Crippen LogP contribution in [0.4, 0.5) is 5.69 Å². The van der Waals surface area contributed by atoms with Crippen LogP contribution in [0, 0.1) is 6.92 Å². The molecule has 88 valence electrons. The Hall–Kier alpha value is -1.65. The first-order valence-corrected chi connectivity index (χ1v) is 6.39. The van der Waals surface area contributed by atoms with Gasteiger partial charge in [0.15, 0.2) is 0 Å². The molecule has 2 aromatic rings. The van der Waals surface area contributed by atoms with E-state index in [2.05, 4.69) is 4.98 Å². The first kappa shape index (κ1) is 11.4. The highest BCUT2D eigenvalue weighted by Gasteiger charge is 2.30. The Balaban J connectivity index is 2.12. The maximum Gasteiger partial charge on any atom is 0.119 e. The van der Waals surface area contributed by atoms with Crippen LogP contribution in [0.25, 0.3) is 0 Å². The number of pyridine rings is 1. The number of hydrogen-bond acceptors (Lipinski definition) is 3. The largest absolute Gasteiger partial charge is 0.289 e. The zero-order valence-electron chi connectivity index (χ0n) is 9.75. The van der Waals surface area contributed by atoms with Gasteiger partial charge in [-0.1, -0.05) is 48.7 Å². The summed E-state index contributed by atoms with van der Waals surface area (Å²) >= 11 is 11.0. The second-order valence-electron chi connectivity index (χ2n) is 4.21. The SMILES string of the molecule is Cc1cncc(N2C(=S)c3ccccc3C2=S)c1. The van der Waals surface area contributed by atoms with Crippen LogP contribution in [0.5, 0.6) is 0 Å². The molecule has 0 unspecified atom stereocenters. The summed E-state index contributed by atoms with van der Waals surface area (Å²) in [6, 6.07) is 10.0. The second kappa shape index (κ2) is 4.23. The molecule has 3 rings (SSSR count). The van der Waals surface area contributed by atoms with Gasteiger partial charge in [-0.3, -0.25) is 9.88 Å². The monoisotopic (exact) mass is 270 g/mol. The van der Waals surface area contributed by atoms with Gasteiger partial charge in [-0.15, -0.1) is 0 Å². The normalized spacial score (nSPS) is 13.9. The summed E-state index contributed by atoms with van der Waals surface area (Å²) in [7, 11) is 0. The van der Waals surface area contributed by atoms with E-state index in [-0.39, 0.29) is 0 Å². The molecule has 2 nitrogen and oxygen atoms in total. The number of aromatic nitrogens is 1. The minimum Gasteiger partial charge on any atom is -0.289 e. The second-order valence-corrected chi connectivity index (χ2v) is 4.99. The number of fused-ring (bicyclic) bond motifs is 1. The number of thiocarbonyl (C=S) groups is 2. The van der Waals surface area contributed by atoms with Crippen molar-refractivity contribution in [3.63, 3.8) is 0 Å². The topological polar surface area (TPSA) is 16.1 Å². The van der Waals surface area contributed by atoms with Crippen LogP contribution in [-0.4, -0.2) is 15.0 Å². The van der Waals surface area contributed by atoms with E-state index in [0.717, 1.165) is 32.4 Å². The summed E-state index contributed by atoms with van der Waals surface area (Å²) < 4.78 is 0. The summed E-state index contributed by atoms with van der Waals surface area (Å²) in [6.07, 6.45) is 3.61. The summed E-state index contributed by atoms with van der Waals surface area (Å²) in [5, 5.41) is 0. The summed E-state index contributed by atoms with van der Waals surface area (Å²) in [5.41, 5.74) is 4.08. The lowest BCUT2D eigenvalue weighted by Gasteiger charge is -2.18. The van der Waals surface area contributed by atoms with Crippen LogP contribution in [0.2, 0.25) is 0 Å². The molecule has 1 aromatic carbocycles. The standard InChI is InChI=1S/C14H10N2S2/c1-9-6-10(8-15-7-9)16-13(17)11-4-2-3-5-12(11)14(16)18/h2-8H,1H3. The Bertz CT molecular complexity index is 629. The van der Waals surface area contributed by atoms with Crippen molar-refractivity contribution in [2.75, 3.05) is 4.90 Å². The van der Waals surface area contributed by atoms with Crippen LogP contribution >= 0.6 is 24.4 Å². The lowest BCUT2D eigenvalue weighted by atomic mass is 10.1. The lowest BCUT2D eigenvalue weighted by molar-refractivity contribution is 1.25. The van der Waals surface area contributed by atoms with Gasteiger partial charge in [0.05, 0.1) is 11.9 Å². The van der Waals surface area contributed by atoms with Crippen molar-refractivity contribution in [3.8, 4) is 0 Å². The molecule has 1 aliphatic heterocycles. The number of benzene rings is 1. The molecule has 0 N–H and O–H groups in total. The number of rotatable bonds is 1. The Kier molecular flexibility index (Phi) is 2.69. The third-order valence-electron chi connectivity index (χ3n) is 2.91. The van der Waals surface area contributed by atoms with Crippen LogP contribution in [0.15, 0.2) is 42.7 Å². The molecule has 0 aliphatic carbocycles. The molecule has 1 aliphatic rings. The summed E-state index contributed by atoms with van der Waals surface area (Å²) in [5.74, 6) is 0. The number of aryl methyl sites for hydroxylation is 1. The van der Waals surface area contributed by atoms with E-state index < -0.39 is 0 Å². The highest BCUT2D eigenvalue weighted by molar-refractivity contribution is 7.83. The summed E-state index contributed by atoms with van der Waals surface area (Å²) in [6.45, 7) is 2.01. The fourth-order valence-electron chi connectivity index (χ4n) is 2.09. The minimum absolute atomic E-state index is 0.753. The molecule has 18 heavy (non-hydrogen) atoms. The van der Waals surface area contributed by atoms with Crippen molar-refractivity contribution in [1.29, 1.82) is 0 Å². The van der Waals surface area contributed by atoms with Gasteiger partial charge in [-0.25, -0.2) is 0 Å². The molecule has 0 saturated heterocycles. The average molecular weight is 270 g/mol. The van der Waals surface area contributed by atoms with Crippen LogP contribution in [0.3, 0.4) is 0 Å². The molecular weight excluding hydrogens is 260 g/mol. The maximum atomic E-state index is 5.51. The van der Waals surface area contributed by atoms with Crippen molar-refractivity contribution >= 4 is 40.1 Å². The predicted octanol–water partition coefficient (Wildman–Crippen LogP) is 3.26. The molecule has 0 amide bonds. The molecule has 0 radical (unpaired) electrons. The van der Waals surface area contributed by atoms with Gasteiger partial charge in [0.2, 0.25) is 0 Å². The molecular formula is C14H10N2S2. The van der Waals surface area contributed by atoms with Crippen LogP contribution in [0.1, 0.15) is 16.7 Å². The van der Waals surface area contributed by atoms with E-state index in [4.69, 9.17) is 24.4 Å². The van der Waals surface area contributed by atoms with Crippen molar-refractivity contribution < 1.29 is 0 Å². The van der Waals surface area contributed by atoms with E-state index >= 15 is 0 Å². The molecule has 0 atom stereocenters. The summed E-state index contributed by atoms with van der Waals surface area (Å²) in [4.78, 5) is 7.62. The molecule has 0 bridgehead atoms. The first-order chi connectivity index (χ1) is 8.68. The Labute approximate surface area is 116 Å². The third-order valence-corrected chi connectivity index (χ3v) is 3.72. The quantitative estimate of drug-likeness (QED) is 0.739. The molecule has 4 heteroatoms. The van der Waals surface area contributed by atoms with E-state index in [0.29, 0.717) is 0 Å². The number of nitrogens with zero attached hydrogens (tertiary/aromatic N) is 2. The first-order valence-electron chi connectivity index (χ1n) is 5.58. The third kappa shape index (κ3) is 1.65. The molecule has 0 saturated carbocycles.